The summed E-state index contributed by atoms with van der Waals surface area (Å²) in [5.74, 6) is 1.02. The molecule has 1 saturated heterocycles. The van der Waals surface area contributed by atoms with Gasteiger partial charge in [0.2, 0.25) is 5.91 Å². The first kappa shape index (κ1) is 15.4. The number of carbonyl (C=O) groups excluding carboxylic acids is 1. The minimum absolute atomic E-state index is 0. The van der Waals surface area contributed by atoms with E-state index in [0.29, 0.717) is 11.8 Å². The third-order valence-corrected chi connectivity index (χ3v) is 4.05. The molecule has 1 unspecified atom stereocenters. The molecule has 1 aliphatic rings. The summed E-state index contributed by atoms with van der Waals surface area (Å²) in [7, 11) is 0. The highest BCUT2D eigenvalue weighted by Gasteiger charge is 2.29. The second-order valence-electron chi connectivity index (χ2n) is 4.93. The van der Waals surface area contributed by atoms with Crippen molar-refractivity contribution in [3.8, 4) is 0 Å². The lowest BCUT2D eigenvalue weighted by Gasteiger charge is -2.31. The monoisotopic (exact) mass is 289 g/mol. The molecule has 0 saturated carbocycles. The van der Waals surface area contributed by atoms with Gasteiger partial charge in [-0.1, -0.05) is 20.8 Å². The number of hydrogen-bond acceptors (Lipinski definition) is 4. The molecule has 0 aromatic carbocycles. The lowest BCUT2D eigenvalue weighted by molar-refractivity contribution is -0.121. The van der Waals surface area contributed by atoms with E-state index in [0.717, 1.165) is 23.9 Å². The van der Waals surface area contributed by atoms with Crippen molar-refractivity contribution < 1.29 is 4.79 Å². The van der Waals surface area contributed by atoms with Gasteiger partial charge in [-0.2, -0.15) is 0 Å². The Kier molecular flexibility index (Phi) is 5.56. The van der Waals surface area contributed by atoms with Crippen molar-refractivity contribution in [2.24, 2.45) is 11.8 Å². The summed E-state index contributed by atoms with van der Waals surface area (Å²) >= 11 is 1.50. The average Bonchev–Trinajstić information content (AvgIpc) is 2.63. The predicted octanol–water partition coefficient (Wildman–Crippen LogP) is 2.48. The maximum absolute atomic E-state index is 12.0. The van der Waals surface area contributed by atoms with E-state index in [4.69, 9.17) is 0 Å². The number of aromatic nitrogens is 1. The number of carbonyl (C=O) groups is 1. The van der Waals surface area contributed by atoms with Gasteiger partial charge in [0.05, 0.1) is 5.69 Å². The van der Waals surface area contributed by atoms with Gasteiger partial charge in [-0.05, 0) is 24.9 Å². The number of rotatable bonds is 4. The van der Waals surface area contributed by atoms with Crippen LogP contribution in [0.5, 0.6) is 0 Å². The molecule has 2 heterocycles. The SMILES string of the molecule is CC(C)c1csc(NC(=O)C(C)C2CNC2)n1.Cl. The highest BCUT2D eigenvalue weighted by Crippen LogP contribution is 2.23. The smallest absolute Gasteiger partial charge is 0.229 e. The van der Waals surface area contributed by atoms with Gasteiger partial charge >= 0.3 is 0 Å². The summed E-state index contributed by atoms with van der Waals surface area (Å²) in [6.45, 7) is 8.08. The van der Waals surface area contributed by atoms with Crippen LogP contribution >= 0.6 is 23.7 Å². The lowest BCUT2D eigenvalue weighted by atomic mass is 9.88. The van der Waals surface area contributed by atoms with Crippen molar-refractivity contribution in [3.05, 3.63) is 11.1 Å². The van der Waals surface area contributed by atoms with Gasteiger partial charge in [0, 0.05) is 11.3 Å². The zero-order chi connectivity index (χ0) is 12.4. The van der Waals surface area contributed by atoms with E-state index >= 15 is 0 Å². The molecule has 1 aliphatic heterocycles. The number of nitrogens with zero attached hydrogens (tertiary/aromatic N) is 1. The topological polar surface area (TPSA) is 54.0 Å². The van der Waals surface area contributed by atoms with Gasteiger partial charge < -0.3 is 10.6 Å². The normalized spacial score (nSPS) is 16.9. The number of amides is 1. The highest BCUT2D eigenvalue weighted by atomic mass is 35.5. The van der Waals surface area contributed by atoms with Crippen LogP contribution in [-0.4, -0.2) is 24.0 Å². The van der Waals surface area contributed by atoms with Crippen LogP contribution in [0.1, 0.15) is 32.4 Å². The first-order valence-corrected chi connectivity index (χ1v) is 6.93. The van der Waals surface area contributed by atoms with Crippen molar-refractivity contribution in [2.45, 2.75) is 26.7 Å². The quantitative estimate of drug-likeness (QED) is 0.895. The van der Waals surface area contributed by atoms with Crippen LogP contribution in [-0.2, 0) is 4.79 Å². The van der Waals surface area contributed by atoms with E-state index in [2.05, 4.69) is 29.5 Å². The van der Waals surface area contributed by atoms with Gasteiger partial charge in [0.25, 0.3) is 0 Å². The van der Waals surface area contributed by atoms with E-state index in [-0.39, 0.29) is 24.2 Å². The molecular weight excluding hydrogens is 270 g/mol. The van der Waals surface area contributed by atoms with Gasteiger partial charge in [-0.15, -0.1) is 23.7 Å². The Hall–Kier alpha value is -0.650. The minimum Gasteiger partial charge on any atom is -0.316 e. The van der Waals surface area contributed by atoms with Crippen LogP contribution in [0.25, 0.3) is 0 Å². The largest absolute Gasteiger partial charge is 0.316 e. The molecule has 18 heavy (non-hydrogen) atoms. The summed E-state index contributed by atoms with van der Waals surface area (Å²) in [4.78, 5) is 16.4. The Morgan fingerprint density at radius 2 is 2.17 bits per heavy atom. The first-order valence-electron chi connectivity index (χ1n) is 6.05. The molecule has 2 rings (SSSR count). The van der Waals surface area contributed by atoms with Crippen molar-refractivity contribution in [3.63, 3.8) is 0 Å². The molecule has 4 nitrogen and oxygen atoms in total. The maximum Gasteiger partial charge on any atom is 0.229 e. The molecule has 1 amide bonds. The van der Waals surface area contributed by atoms with Crippen LogP contribution in [0.2, 0.25) is 0 Å². The number of thiazole rings is 1. The summed E-state index contributed by atoms with van der Waals surface area (Å²) in [6, 6.07) is 0. The number of nitrogens with one attached hydrogen (secondary N) is 2. The Morgan fingerprint density at radius 1 is 1.50 bits per heavy atom. The maximum atomic E-state index is 12.0. The molecule has 0 bridgehead atoms. The number of anilines is 1. The highest BCUT2D eigenvalue weighted by molar-refractivity contribution is 7.13. The Bertz CT molecular complexity index is 404. The van der Waals surface area contributed by atoms with Crippen LogP contribution in [0.4, 0.5) is 5.13 Å². The lowest BCUT2D eigenvalue weighted by Crippen LogP contribution is -2.48. The molecular formula is C12H20ClN3OS. The zero-order valence-corrected chi connectivity index (χ0v) is 12.5. The summed E-state index contributed by atoms with van der Waals surface area (Å²) in [5.41, 5.74) is 1.04. The van der Waals surface area contributed by atoms with E-state index in [1.54, 1.807) is 0 Å². The van der Waals surface area contributed by atoms with Crippen molar-refractivity contribution >= 4 is 34.8 Å². The van der Waals surface area contributed by atoms with E-state index in [9.17, 15) is 4.79 Å². The van der Waals surface area contributed by atoms with E-state index in [1.165, 1.54) is 11.3 Å². The molecule has 1 aromatic heterocycles. The van der Waals surface area contributed by atoms with Gasteiger partial charge in [-0.25, -0.2) is 4.98 Å². The fourth-order valence-corrected chi connectivity index (χ4v) is 2.58. The third kappa shape index (κ3) is 3.43. The molecule has 1 aromatic rings. The Morgan fingerprint density at radius 3 is 2.61 bits per heavy atom. The van der Waals surface area contributed by atoms with E-state index in [1.807, 2.05) is 12.3 Å². The van der Waals surface area contributed by atoms with Gasteiger partial charge in [0.1, 0.15) is 0 Å². The van der Waals surface area contributed by atoms with Crippen molar-refractivity contribution in [1.29, 1.82) is 0 Å². The standard InChI is InChI=1S/C12H19N3OS.ClH/c1-7(2)10-6-17-12(14-10)15-11(16)8(3)9-4-13-5-9;/h6-9,13H,4-5H2,1-3H3,(H,14,15,16);1H. The van der Waals surface area contributed by atoms with Crippen LogP contribution < -0.4 is 10.6 Å². The Labute approximate surface area is 118 Å². The minimum atomic E-state index is 0. The summed E-state index contributed by atoms with van der Waals surface area (Å²) < 4.78 is 0. The Balaban J connectivity index is 0.00000162. The predicted molar refractivity (Wildman–Crippen MR) is 77.6 cm³/mol. The van der Waals surface area contributed by atoms with Gasteiger partial charge in [-0.3, -0.25) is 4.79 Å². The first-order chi connectivity index (χ1) is 8.08. The van der Waals surface area contributed by atoms with Crippen molar-refractivity contribution in [2.75, 3.05) is 18.4 Å². The third-order valence-electron chi connectivity index (χ3n) is 3.28. The molecule has 1 atom stereocenters. The second-order valence-corrected chi connectivity index (χ2v) is 5.79. The molecule has 2 N–H and O–H groups in total. The average molecular weight is 290 g/mol. The van der Waals surface area contributed by atoms with Crippen molar-refractivity contribution in [1.82, 2.24) is 10.3 Å². The molecule has 0 radical (unpaired) electrons. The molecule has 0 spiro atoms. The molecule has 0 aliphatic carbocycles. The van der Waals surface area contributed by atoms with Gasteiger partial charge in [0.15, 0.2) is 5.13 Å². The van der Waals surface area contributed by atoms with Crippen LogP contribution in [0.15, 0.2) is 5.38 Å². The molecule has 6 heteroatoms. The van der Waals surface area contributed by atoms with Crippen LogP contribution in [0.3, 0.4) is 0 Å². The molecule has 102 valence electrons. The number of hydrogen-bond donors (Lipinski definition) is 2. The summed E-state index contributed by atoms with van der Waals surface area (Å²) in [6.07, 6.45) is 0. The zero-order valence-electron chi connectivity index (χ0n) is 10.9. The van der Waals surface area contributed by atoms with E-state index < -0.39 is 0 Å². The number of halogens is 1. The summed E-state index contributed by atoms with van der Waals surface area (Å²) in [5, 5.41) is 8.82. The fraction of sp³-hybridized carbons (Fsp3) is 0.667. The fourth-order valence-electron chi connectivity index (χ4n) is 1.71. The molecule has 1 fully saturated rings. The van der Waals surface area contributed by atoms with Crippen LogP contribution in [0, 0.1) is 11.8 Å². The second kappa shape index (κ2) is 6.50.